The maximum absolute atomic E-state index is 12.1. The van der Waals surface area contributed by atoms with Crippen LogP contribution in [0.15, 0.2) is 40.9 Å². The molecule has 3 rings (SSSR count). The molecule has 0 spiro atoms. The minimum Gasteiger partial charge on any atom is -0.378 e. The van der Waals surface area contributed by atoms with Crippen LogP contribution in [0.25, 0.3) is 11.3 Å². The van der Waals surface area contributed by atoms with Crippen LogP contribution >= 0.6 is 0 Å². The van der Waals surface area contributed by atoms with E-state index in [1.54, 1.807) is 4.90 Å². The van der Waals surface area contributed by atoms with Crippen LogP contribution in [0.2, 0.25) is 0 Å². The number of nitrogens with zero attached hydrogens (tertiary/aromatic N) is 2. The van der Waals surface area contributed by atoms with Crippen LogP contribution in [-0.4, -0.2) is 42.3 Å². The van der Waals surface area contributed by atoms with Crippen molar-refractivity contribution in [2.24, 2.45) is 0 Å². The van der Waals surface area contributed by atoms with E-state index in [-0.39, 0.29) is 12.0 Å². The van der Waals surface area contributed by atoms with Crippen molar-refractivity contribution >= 4 is 5.91 Å². The summed E-state index contributed by atoms with van der Waals surface area (Å²) in [7, 11) is 1.85. The highest BCUT2D eigenvalue weighted by atomic mass is 16.5. The number of ether oxygens (including phenoxy) is 1. The number of aromatic nitrogens is 1. The Morgan fingerprint density at radius 3 is 2.92 bits per heavy atom. The number of carbonyl (C=O) groups excluding carboxylic acids is 1. The van der Waals surface area contributed by atoms with Gasteiger partial charge in [-0.25, -0.2) is 0 Å². The summed E-state index contributed by atoms with van der Waals surface area (Å²) in [6, 6.07) is 12.0. The average Bonchev–Trinajstić information content (AvgIpc) is 3.27. The van der Waals surface area contributed by atoms with Gasteiger partial charge in [0.05, 0.1) is 12.5 Å². The standard InChI is InChI=1S/C19H24N2O3/c1-21(19(22)14-16-10-6-12-23-16)11-5-9-17-13-18(20-24-17)15-7-3-2-4-8-15/h2-4,7-8,13,16H,5-6,9-12,14H2,1H3. The van der Waals surface area contributed by atoms with Crippen LogP contribution in [0.5, 0.6) is 0 Å². The monoisotopic (exact) mass is 328 g/mol. The number of aryl methyl sites for hydroxylation is 1. The summed E-state index contributed by atoms with van der Waals surface area (Å²) >= 11 is 0. The van der Waals surface area contributed by atoms with Crippen LogP contribution < -0.4 is 0 Å². The van der Waals surface area contributed by atoms with Crippen LogP contribution in [0.4, 0.5) is 0 Å². The topological polar surface area (TPSA) is 55.6 Å². The van der Waals surface area contributed by atoms with Crippen molar-refractivity contribution in [3.05, 3.63) is 42.2 Å². The van der Waals surface area contributed by atoms with E-state index in [9.17, 15) is 4.79 Å². The first-order valence-electron chi connectivity index (χ1n) is 8.59. The zero-order valence-corrected chi connectivity index (χ0v) is 14.1. The van der Waals surface area contributed by atoms with Gasteiger partial charge in [-0.05, 0) is 19.3 Å². The molecule has 0 aliphatic carbocycles. The zero-order chi connectivity index (χ0) is 16.8. The molecule has 1 unspecified atom stereocenters. The highest BCUT2D eigenvalue weighted by molar-refractivity contribution is 5.76. The Balaban J connectivity index is 1.43. The van der Waals surface area contributed by atoms with Crippen molar-refractivity contribution in [3.63, 3.8) is 0 Å². The van der Waals surface area contributed by atoms with Crippen molar-refractivity contribution in [1.29, 1.82) is 0 Å². The molecule has 1 atom stereocenters. The van der Waals surface area contributed by atoms with E-state index < -0.39 is 0 Å². The molecule has 1 fully saturated rings. The first-order chi connectivity index (χ1) is 11.7. The predicted octanol–water partition coefficient (Wildman–Crippen LogP) is 3.30. The van der Waals surface area contributed by atoms with Gasteiger partial charge in [-0.3, -0.25) is 4.79 Å². The van der Waals surface area contributed by atoms with Crippen molar-refractivity contribution in [2.45, 2.75) is 38.2 Å². The van der Waals surface area contributed by atoms with Gasteiger partial charge < -0.3 is 14.2 Å². The quantitative estimate of drug-likeness (QED) is 0.782. The van der Waals surface area contributed by atoms with Gasteiger partial charge in [-0.1, -0.05) is 35.5 Å². The summed E-state index contributed by atoms with van der Waals surface area (Å²) in [6.45, 7) is 1.50. The third-order valence-corrected chi connectivity index (χ3v) is 4.40. The van der Waals surface area contributed by atoms with Crippen molar-refractivity contribution < 1.29 is 14.1 Å². The van der Waals surface area contributed by atoms with Crippen molar-refractivity contribution in [1.82, 2.24) is 10.1 Å². The molecule has 1 aliphatic rings. The van der Waals surface area contributed by atoms with Gasteiger partial charge in [0.1, 0.15) is 11.5 Å². The van der Waals surface area contributed by atoms with Gasteiger partial charge in [0.25, 0.3) is 0 Å². The number of amides is 1. The Bertz CT molecular complexity index is 648. The molecule has 1 saturated heterocycles. The Kier molecular flexibility index (Phi) is 5.64. The molecule has 0 saturated carbocycles. The van der Waals surface area contributed by atoms with Gasteiger partial charge in [0.15, 0.2) is 0 Å². The molecular formula is C19H24N2O3. The molecule has 2 aromatic rings. The highest BCUT2D eigenvalue weighted by Crippen LogP contribution is 2.19. The lowest BCUT2D eigenvalue weighted by Gasteiger charge is -2.18. The fourth-order valence-electron chi connectivity index (χ4n) is 2.95. The molecule has 1 aliphatic heterocycles. The molecule has 1 aromatic carbocycles. The van der Waals surface area contributed by atoms with Gasteiger partial charge in [0.2, 0.25) is 5.91 Å². The average molecular weight is 328 g/mol. The van der Waals surface area contributed by atoms with E-state index in [1.807, 2.05) is 43.4 Å². The molecule has 24 heavy (non-hydrogen) atoms. The first kappa shape index (κ1) is 16.7. The van der Waals surface area contributed by atoms with Crippen LogP contribution in [-0.2, 0) is 16.0 Å². The number of benzene rings is 1. The first-order valence-corrected chi connectivity index (χ1v) is 8.59. The van der Waals surface area contributed by atoms with Crippen LogP contribution in [0, 0.1) is 0 Å². The minimum atomic E-state index is 0.114. The Labute approximate surface area is 142 Å². The van der Waals surface area contributed by atoms with E-state index >= 15 is 0 Å². The third kappa shape index (κ3) is 4.45. The summed E-state index contributed by atoms with van der Waals surface area (Å²) in [4.78, 5) is 13.9. The fraction of sp³-hybridized carbons (Fsp3) is 0.474. The van der Waals surface area contributed by atoms with E-state index in [4.69, 9.17) is 9.26 Å². The lowest BCUT2D eigenvalue weighted by atomic mass is 10.1. The van der Waals surface area contributed by atoms with Crippen LogP contribution in [0.1, 0.15) is 31.4 Å². The van der Waals surface area contributed by atoms with Gasteiger partial charge in [0, 0.05) is 38.2 Å². The largest absolute Gasteiger partial charge is 0.378 e. The SMILES string of the molecule is CN(CCCc1cc(-c2ccccc2)no1)C(=O)CC1CCCO1. The van der Waals surface area contributed by atoms with E-state index in [0.29, 0.717) is 13.0 Å². The summed E-state index contributed by atoms with van der Waals surface area (Å²) in [5, 5.41) is 4.12. The normalized spacial score (nSPS) is 17.1. The maximum Gasteiger partial charge on any atom is 0.224 e. The van der Waals surface area contributed by atoms with E-state index in [1.165, 1.54) is 0 Å². The second kappa shape index (κ2) is 8.11. The van der Waals surface area contributed by atoms with Crippen molar-refractivity contribution in [3.8, 4) is 11.3 Å². The fourth-order valence-corrected chi connectivity index (χ4v) is 2.95. The summed E-state index contributed by atoms with van der Waals surface area (Å²) in [6.07, 6.45) is 4.31. The van der Waals surface area contributed by atoms with Crippen LogP contribution in [0.3, 0.4) is 0 Å². The van der Waals surface area contributed by atoms with E-state index in [0.717, 1.165) is 49.3 Å². The van der Waals surface area contributed by atoms with Gasteiger partial charge in [-0.2, -0.15) is 0 Å². The Morgan fingerprint density at radius 2 is 2.17 bits per heavy atom. The molecule has 1 aromatic heterocycles. The molecule has 128 valence electrons. The molecule has 0 radical (unpaired) electrons. The highest BCUT2D eigenvalue weighted by Gasteiger charge is 2.21. The number of carbonyl (C=O) groups is 1. The summed E-state index contributed by atoms with van der Waals surface area (Å²) in [5.41, 5.74) is 1.91. The maximum atomic E-state index is 12.1. The lowest BCUT2D eigenvalue weighted by molar-refractivity contribution is -0.132. The molecule has 5 heteroatoms. The molecule has 0 N–H and O–H groups in total. The number of hydrogen-bond acceptors (Lipinski definition) is 4. The zero-order valence-electron chi connectivity index (χ0n) is 14.1. The molecule has 2 heterocycles. The number of rotatable bonds is 7. The molecule has 5 nitrogen and oxygen atoms in total. The Hall–Kier alpha value is -2.14. The minimum absolute atomic E-state index is 0.114. The third-order valence-electron chi connectivity index (χ3n) is 4.40. The van der Waals surface area contributed by atoms with Gasteiger partial charge >= 0.3 is 0 Å². The van der Waals surface area contributed by atoms with Crippen molar-refractivity contribution in [2.75, 3.05) is 20.2 Å². The number of hydrogen-bond donors (Lipinski definition) is 0. The van der Waals surface area contributed by atoms with E-state index in [2.05, 4.69) is 5.16 Å². The second-order valence-electron chi connectivity index (χ2n) is 6.30. The second-order valence-corrected chi connectivity index (χ2v) is 6.30. The molecular weight excluding hydrogens is 304 g/mol. The molecule has 1 amide bonds. The lowest BCUT2D eigenvalue weighted by Crippen LogP contribution is -2.30. The summed E-state index contributed by atoms with van der Waals surface area (Å²) < 4.78 is 10.9. The molecule has 0 bridgehead atoms. The Morgan fingerprint density at radius 1 is 1.33 bits per heavy atom. The smallest absolute Gasteiger partial charge is 0.224 e. The van der Waals surface area contributed by atoms with Gasteiger partial charge in [-0.15, -0.1) is 0 Å². The predicted molar refractivity (Wildman–Crippen MR) is 91.5 cm³/mol. The summed E-state index contributed by atoms with van der Waals surface area (Å²) in [5.74, 6) is 1.01.